The molecule has 0 amide bonds. The highest BCUT2D eigenvalue weighted by atomic mass is 19.1. The summed E-state index contributed by atoms with van der Waals surface area (Å²) in [5.41, 5.74) is -5.27. The largest absolute Gasteiger partial charge is 0.454 e. The number of Topliss-reactive ketones (excluding diaryl/α,β-unsaturated/α-hetero) is 1. The number of hydrogen-bond acceptors (Lipinski definition) is 7. The average molecular weight is 498 g/mol. The van der Waals surface area contributed by atoms with Gasteiger partial charge in [-0.15, -0.1) is 0 Å². The number of esters is 1. The molecule has 36 heavy (non-hydrogen) atoms. The Morgan fingerprint density at radius 2 is 1.92 bits per heavy atom. The number of ether oxygens (including phenoxy) is 1. The number of alkyl halides is 1. The van der Waals surface area contributed by atoms with Crippen molar-refractivity contribution in [3.8, 4) is 0 Å². The fourth-order valence-electron chi connectivity index (χ4n) is 7.95. The number of carbonyl (C=O) groups excluding carboxylic acids is 3. The summed E-state index contributed by atoms with van der Waals surface area (Å²) in [4.78, 5) is 41.7. The van der Waals surface area contributed by atoms with E-state index < -0.39 is 58.4 Å². The van der Waals surface area contributed by atoms with Crippen molar-refractivity contribution in [3.63, 3.8) is 0 Å². The first-order valence-electron chi connectivity index (χ1n) is 12.5. The van der Waals surface area contributed by atoms with Crippen LogP contribution in [0.5, 0.6) is 0 Å². The number of aromatic nitrogens is 1. The highest BCUT2D eigenvalue weighted by Crippen LogP contribution is 2.70. The van der Waals surface area contributed by atoms with E-state index >= 15 is 4.39 Å². The molecule has 3 saturated carbocycles. The van der Waals surface area contributed by atoms with Gasteiger partial charge in [0.25, 0.3) is 0 Å². The van der Waals surface area contributed by atoms with Gasteiger partial charge in [-0.05, 0) is 68.7 Å². The Hall–Kier alpha value is -2.71. The molecule has 8 heteroatoms. The Morgan fingerprint density at radius 3 is 2.61 bits per heavy atom. The molecule has 0 bridgehead atoms. The molecule has 0 saturated heterocycles. The maximum Gasteiger partial charge on any atom is 0.338 e. The van der Waals surface area contributed by atoms with Crippen LogP contribution in [0.2, 0.25) is 0 Å². The van der Waals surface area contributed by atoms with Gasteiger partial charge in [0.2, 0.25) is 5.78 Å². The second kappa shape index (κ2) is 8.15. The summed E-state index contributed by atoms with van der Waals surface area (Å²) < 4.78 is 22.4. The standard InChI is InChI=1S/C28H32FNO6/c1-16-12-21-20-5-4-18-13-19(31)6-9-25(18,2)27(20,29)22(32)14-26(21,3)28(16,35)23(33)15-36-24(34)17-7-10-30-11-8-17/h6-11,13,16,20-22,32,35H,4-5,12,14-15H2,1-3H3/t16-,20+,21+,22+,25+,26+,27+,28-/m0/s1. The van der Waals surface area contributed by atoms with Crippen LogP contribution in [0, 0.1) is 28.6 Å². The first kappa shape index (κ1) is 25.0. The first-order valence-corrected chi connectivity index (χ1v) is 12.5. The van der Waals surface area contributed by atoms with Gasteiger partial charge >= 0.3 is 5.97 Å². The number of rotatable bonds is 4. The minimum absolute atomic E-state index is 0.125. The van der Waals surface area contributed by atoms with Crippen LogP contribution >= 0.6 is 0 Å². The molecule has 3 fully saturated rings. The number of halogens is 1. The molecule has 0 aromatic carbocycles. The van der Waals surface area contributed by atoms with Crippen molar-refractivity contribution in [3.05, 3.63) is 53.9 Å². The zero-order chi connectivity index (χ0) is 26.1. The zero-order valence-corrected chi connectivity index (χ0v) is 20.7. The minimum Gasteiger partial charge on any atom is -0.454 e. The molecule has 1 heterocycles. The van der Waals surface area contributed by atoms with E-state index in [1.807, 2.05) is 0 Å². The van der Waals surface area contributed by atoms with Crippen LogP contribution in [-0.4, -0.2) is 56.7 Å². The van der Waals surface area contributed by atoms with Gasteiger partial charge in [-0.2, -0.15) is 0 Å². The number of hydrogen-bond donors (Lipinski definition) is 2. The van der Waals surface area contributed by atoms with E-state index in [0.717, 1.165) is 0 Å². The summed E-state index contributed by atoms with van der Waals surface area (Å²) in [6.07, 6.45) is 7.03. The highest BCUT2D eigenvalue weighted by molar-refractivity contribution is 6.01. The zero-order valence-electron chi connectivity index (χ0n) is 20.7. The molecule has 0 aliphatic heterocycles. The number of aliphatic hydroxyl groups excluding tert-OH is 1. The number of aliphatic hydroxyl groups is 2. The summed E-state index contributed by atoms with van der Waals surface area (Å²) in [5, 5.41) is 23.3. The Kier molecular flexibility index (Phi) is 5.65. The van der Waals surface area contributed by atoms with Gasteiger partial charge in [0.1, 0.15) is 5.60 Å². The van der Waals surface area contributed by atoms with Crippen LogP contribution in [0.3, 0.4) is 0 Å². The fraction of sp³-hybridized carbons (Fsp3) is 0.571. The number of pyridine rings is 1. The van der Waals surface area contributed by atoms with Crippen molar-refractivity contribution in [2.24, 2.45) is 28.6 Å². The minimum atomic E-state index is -2.04. The van der Waals surface area contributed by atoms with Gasteiger partial charge in [-0.25, -0.2) is 9.18 Å². The number of ketones is 2. The SMILES string of the molecule is C[C@H]1C[C@@H]2[C@H]3CCC4=CC(=O)C=C[C@@]4(C)[C@]3(F)[C@H](O)C[C@@]2(C)[C@@]1(O)C(=O)COC(=O)c1ccncc1. The van der Waals surface area contributed by atoms with Crippen LogP contribution in [0.4, 0.5) is 4.39 Å². The predicted octanol–water partition coefficient (Wildman–Crippen LogP) is 3.16. The van der Waals surface area contributed by atoms with Crippen LogP contribution < -0.4 is 0 Å². The summed E-state index contributed by atoms with van der Waals surface area (Å²) in [6, 6.07) is 2.93. The van der Waals surface area contributed by atoms with E-state index in [2.05, 4.69) is 4.98 Å². The Morgan fingerprint density at radius 1 is 1.22 bits per heavy atom. The molecular formula is C28H32FNO6. The molecule has 0 spiro atoms. The lowest BCUT2D eigenvalue weighted by Gasteiger charge is -2.62. The van der Waals surface area contributed by atoms with E-state index in [4.69, 9.17) is 4.74 Å². The molecule has 4 aliphatic carbocycles. The van der Waals surface area contributed by atoms with Crippen molar-refractivity contribution in [2.45, 2.75) is 63.8 Å². The van der Waals surface area contributed by atoms with E-state index in [1.54, 1.807) is 26.8 Å². The third kappa shape index (κ3) is 3.10. The number of nitrogens with zero attached hydrogens (tertiary/aromatic N) is 1. The number of carbonyl (C=O) groups is 3. The van der Waals surface area contributed by atoms with Gasteiger partial charge in [0.05, 0.1) is 11.7 Å². The van der Waals surface area contributed by atoms with E-state index in [1.165, 1.54) is 36.7 Å². The molecular weight excluding hydrogens is 465 g/mol. The van der Waals surface area contributed by atoms with Gasteiger partial charge in [0.15, 0.2) is 18.1 Å². The highest BCUT2D eigenvalue weighted by Gasteiger charge is 2.75. The van der Waals surface area contributed by atoms with Gasteiger partial charge < -0.3 is 14.9 Å². The molecule has 1 aromatic heterocycles. The molecule has 192 valence electrons. The van der Waals surface area contributed by atoms with Gasteiger partial charge in [-0.3, -0.25) is 14.6 Å². The maximum atomic E-state index is 17.2. The molecule has 2 N–H and O–H groups in total. The van der Waals surface area contributed by atoms with E-state index in [-0.39, 0.29) is 23.7 Å². The van der Waals surface area contributed by atoms with Crippen LogP contribution in [0.25, 0.3) is 0 Å². The quantitative estimate of drug-likeness (QED) is 0.615. The van der Waals surface area contributed by atoms with Crippen LogP contribution in [0.15, 0.2) is 48.3 Å². The lowest BCUT2D eigenvalue weighted by Crippen LogP contribution is -2.69. The van der Waals surface area contributed by atoms with Crippen LogP contribution in [0.1, 0.15) is 56.8 Å². The Labute approximate surface area is 209 Å². The van der Waals surface area contributed by atoms with Gasteiger partial charge in [0, 0.05) is 29.1 Å². The molecule has 8 atom stereocenters. The summed E-state index contributed by atoms with van der Waals surface area (Å²) >= 11 is 0. The summed E-state index contributed by atoms with van der Waals surface area (Å²) in [7, 11) is 0. The molecule has 0 radical (unpaired) electrons. The molecule has 0 unspecified atom stereocenters. The van der Waals surface area contributed by atoms with Crippen molar-refractivity contribution in [1.29, 1.82) is 0 Å². The smallest absolute Gasteiger partial charge is 0.338 e. The van der Waals surface area contributed by atoms with E-state index in [0.29, 0.717) is 24.8 Å². The first-order chi connectivity index (χ1) is 16.9. The van der Waals surface area contributed by atoms with Crippen molar-refractivity contribution >= 4 is 17.5 Å². The van der Waals surface area contributed by atoms with Gasteiger partial charge in [-0.1, -0.05) is 25.5 Å². The third-order valence-electron chi connectivity index (χ3n) is 9.90. The Bertz CT molecular complexity index is 1180. The summed E-state index contributed by atoms with van der Waals surface area (Å²) in [6.45, 7) is 4.61. The third-order valence-corrected chi connectivity index (χ3v) is 9.90. The van der Waals surface area contributed by atoms with E-state index in [9.17, 15) is 24.6 Å². The second-order valence-corrected chi connectivity index (χ2v) is 11.4. The average Bonchev–Trinajstić information content (AvgIpc) is 3.05. The maximum absolute atomic E-state index is 17.2. The molecule has 4 aliphatic rings. The number of allylic oxidation sites excluding steroid dienone is 4. The monoisotopic (exact) mass is 497 g/mol. The summed E-state index contributed by atoms with van der Waals surface area (Å²) in [5.74, 6) is -3.05. The predicted molar refractivity (Wildman–Crippen MR) is 127 cm³/mol. The molecule has 1 aromatic rings. The number of fused-ring (bicyclic) bond motifs is 5. The van der Waals surface area contributed by atoms with Crippen molar-refractivity contribution < 1.29 is 33.7 Å². The normalized spacial score (nSPS) is 43.2. The molecule has 7 nitrogen and oxygen atoms in total. The fourth-order valence-corrected chi connectivity index (χ4v) is 7.95. The topological polar surface area (TPSA) is 114 Å². The van der Waals surface area contributed by atoms with Crippen molar-refractivity contribution in [2.75, 3.05) is 6.61 Å². The molecule has 5 rings (SSSR count). The lowest BCUT2D eigenvalue weighted by molar-refractivity contribution is -0.219. The second-order valence-electron chi connectivity index (χ2n) is 11.4. The van der Waals surface area contributed by atoms with Crippen molar-refractivity contribution in [1.82, 2.24) is 4.98 Å². The lowest BCUT2D eigenvalue weighted by atomic mass is 9.44. The Balaban J connectivity index is 1.44. The van der Waals surface area contributed by atoms with Crippen LogP contribution in [-0.2, 0) is 14.3 Å².